The van der Waals surface area contributed by atoms with Gasteiger partial charge in [0.2, 0.25) is 5.91 Å². The largest absolute Gasteiger partial charge is 0.397 e. The molecule has 1 N–H and O–H groups in total. The number of fused-ring (bicyclic) bond motifs is 1. The maximum absolute atomic E-state index is 12.2. The Labute approximate surface area is 142 Å². The van der Waals surface area contributed by atoms with Gasteiger partial charge in [0.1, 0.15) is 12.5 Å². The van der Waals surface area contributed by atoms with Crippen molar-refractivity contribution in [2.45, 2.75) is 31.7 Å². The fraction of sp³-hybridized carbons (Fsp3) is 0.412. The first-order chi connectivity index (χ1) is 11.9. The Hall–Kier alpha value is -2.35. The lowest BCUT2D eigenvalue weighted by Crippen LogP contribution is -2.34. The molecule has 5 nitrogen and oxygen atoms in total. The highest BCUT2D eigenvalue weighted by Crippen LogP contribution is 2.26. The predicted molar refractivity (Wildman–Crippen MR) is 83.8 cm³/mol. The van der Waals surface area contributed by atoms with Crippen LogP contribution in [0.3, 0.4) is 0 Å². The fourth-order valence-corrected chi connectivity index (χ4v) is 2.79. The average molecular weight is 353 g/mol. The summed E-state index contributed by atoms with van der Waals surface area (Å²) < 4.78 is 44.0. The Morgan fingerprint density at radius 2 is 2.08 bits per heavy atom. The molecule has 0 radical (unpaired) electrons. The van der Waals surface area contributed by atoms with Gasteiger partial charge in [-0.15, -0.1) is 0 Å². The van der Waals surface area contributed by atoms with Crippen LogP contribution >= 0.6 is 0 Å². The van der Waals surface area contributed by atoms with Crippen molar-refractivity contribution in [3.05, 3.63) is 53.3 Å². The zero-order valence-corrected chi connectivity index (χ0v) is 13.4. The van der Waals surface area contributed by atoms with E-state index in [0.29, 0.717) is 25.3 Å². The molecule has 0 saturated carbocycles. The maximum atomic E-state index is 12.2. The molecule has 0 saturated heterocycles. The van der Waals surface area contributed by atoms with Gasteiger partial charge in [0, 0.05) is 12.7 Å². The molecule has 3 rings (SSSR count). The number of ether oxygens (including phenoxy) is 1. The van der Waals surface area contributed by atoms with Gasteiger partial charge in [-0.1, -0.05) is 30.3 Å². The van der Waals surface area contributed by atoms with Crippen molar-refractivity contribution in [2.75, 3.05) is 13.2 Å². The molecule has 2 aromatic rings. The highest BCUT2D eigenvalue weighted by molar-refractivity contribution is 5.76. The van der Waals surface area contributed by atoms with E-state index in [4.69, 9.17) is 4.74 Å². The number of hydrogen-bond donors (Lipinski definition) is 1. The second-order valence-corrected chi connectivity index (χ2v) is 5.93. The van der Waals surface area contributed by atoms with Gasteiger partial charge >= 0.3 is 6.18 Å². The van der Waals surface area contributed by atoms with Gasteiger partial charge in [-0.05, 0) is 17.5 Å². The molecule has 1 aliphatic rings. The smallest absolute Gasteiger partial charge is 0.370 e. The molecule has 2 heterocycles. The second-order valence-electron chi connectivity index (χ2n) is 5.93. The fourth-order valence-electron chi connectivity index (χ4n) is 2.79. The van der Waals surface area contributed by atoms with Crippen molar-refractivity contribution < 1.29 is 22.7 Å². The lowest BCUT2D eigenvalue weighted by atomic mass is 10.1. The van der Waals surface area contributed by atoms with Crippen LogP contribution in [0.15, 0.2) is 36.5 Å². The molecule has 134 valence electrons. The van der Waals surface area contributed by atoms with Crippen LogP contribution in [0.5, 0.6) is 0 Å². The Morgan fingerprint density at radius 1 is 1.32 bits per heavy atom. The Kier molecular flexibility index (Phi) is 5.08. The van der Waals surface area contributed by atoms with E-state index in [1.165, 1.54) is 0 Å². The molecule has 1 amide bonds. The summed E-state index contributed by atoms with van der Waals surface area (Å²) in [5, 5.41) is 6.77. The maximum Gasteiger partial charge on any atom is 0.397 e. The van der Waals surface area contributed by atoms with Gasteiger partial charge in [0.25, 0.3) is 0 Å². The van der Waals surface area contributed by atoms with Crippen molar-refractivity contribution in [3.63, 3.8) is 0 Å². The van der Waals surface area contributed by atoms with Crippen LogP contribution in [0.4, 0.5) is 13.2 Å². The van der Waals surface area contributed by atoms with Crippen LogP contribution in [-0.4, -0.2) is 35.0 Å². The number of carbonyl (C=O) groups is 1. The number of rotatable bonds is 5. The number of aromatic nitrogens is 2. The number of carbonyl (C=O) groups excluding carboxylic acids is 1. The van der Waals surface area contributed by atoms with Crippen molar-refractivity contribution >= 4 is 5.91 Å². The molecule has 1 aromatic heterocycles. The summed E-state index contributed by atoms with van der Waals surface area (Å²) in [5.41, 5.74) is 2.77. The molecule has 1 aromatic carbocycles. The Balaban J connectivity index is 1.64. The number of amides is 1. The molecular formula is C17H18F3N3O2. The summed E-state index contributed by atoms with van der Waals surface area (Å²) in [6, 6.07) is 9.81. The third-order valence-electron chi connectivity index (χ3n) is 3.90. The molecule has 0 bridgehead atoms. The van der Waals surface area contributed by atoms with Crippen LogP contribution in [0.1, 0.15) is 29.3 Å². The molecule has 8 heteroatoms. The van der Waals surface area contributed by atoms with Gasteiger partial charge in [-0.2, -0.15) is 18.3 Å². The number of halogens is 3. The third-order valence-corrected chi connectivity index (χ3v) is 3.90. The number of alkyl halides is 3. The van der Waals surface area contributed by atoms with E-state index in [1.807, 2.05) is 36.5 Å². The molecule has 0 fully saturated rings. The van der Waals surface area contributed by atoms with E-state index >= 15 is 0 Å². The molecule has 1 atom stereocenters. The van der Waals surface area contributed by atoms with E-state index in [2.05, 4.69) is 10.4 Å². The summed E-state index contributed by atoms with van der Waals surface area (Å²) in [5.74, 6) is -1.06. The molecule has 1 aliphatic heterocycles. The van der Waals surface area contributed by atoms with Crippen molar-refractivity contribution in [1.29, 1.82) is 0 Å². The molecule has 0 aliphatic carbocycles. The van der Waals surface area contributed by atoms with E-state index in [0.717, 1.165) is 11.1 Å². The SMILES string of the molecule is O=C(CC(F)(F)F)NC[C@@H]1OCCc2cn(Cc3ccccc3)nc21. The quantitative estimate of drug-likeness (QED) is 0.899. The average Bonchev–Trinajstić information content (AvgIpc) is 2.95. The first-order valence-electron chi connectivity index (χ1n) is 7.96. The number of nitrogens with zero attached hydrogens (tertiary/aromatic N) is 2. The predicted octanol–water partition coefficient (Wildman–Crippen LogP) is 2.61. The van der Waals surface area contributed by atoms with Crippen LogP contribution < -0.4 is 5.32 Å². The standard InChI is InChI=1S/C17H18F3N3O2/c18-17(19,20)8-15(24)21-9-14-16-13(6-7-25-14)11-23(22-16)10-12-4-2-1-3-5-12/h1-5,11,14H,6-10H2,(H,21,24)/t14-/m0/s1. The van der Waals surface area contributed by atoms with Gasteiger partial charge in [-0.25, -0.2) is 0 Å². The first kappa shape index (κ1) is 17.5. The Morgan fingerprint density at radius 3 is 2.80 bits per heavy atom. The van der Waals surface area contributed by atoms with Gasteiger partial charge < -0.3 is 10.1 Å². The third kappa shape index (κ3) is 4.82. The highest BCUT2D eigenvalue weighted by Gasteiger charge is 2.32. The van der Waals surface area contributed by atoms with Crippen LogP contribution in [0.2, 0.25) is 0 Å². The molecule has 0 unspecified atom stereocenters. The first-order valence-corrected chi connectivity index (χ1v) is 7.96. The van der Waals surface area contributed by atoms with E-state index in [9.17, 15) is 18.0 Å². The zero-order chi connectivity index (χ0) is 17.9. The molecule has 0 spiro atoms. The van der Waals surface area contributed by atoms with E-state index in [-0.39, 0.29) is 6.54 Å². The second kappa shape index (κ2) is 7.26. The highest BCUT2D eigenvalue weighted by atomic mass is 19.4. The minimum Gasteiger partial charge on any atom is -0.370 e. The van der Waals surface area contributed by atoms with Gasteiger partial charge in [-0.3, -0.25) is 9.48 Å². The minimum atomic E-state index is -4.51. The normalized spacial score (nSPS) is 17.2. The number of benzene rings is 1. The minimum absolute atomic E-state index is 0.0235. The summed E-state index contributed by atoms with van der Waals surface area (Å²) in [6.45, 7) is 1.02. The van der Waals surface area contributed by atoms with E-state index < -0.39 is 24.6 Å². The lowest BCUT2D eigenvalue weighted by Gasteiger charge is -2.22. The van der Waals surface area contributed by atoms with Crippen molar-refractivity contribution in [3.8, 4) is 0 Å². The molecule has 25 heavy (non-hydrogen) atoms. The number of hydrogen-bond acceptors (Lipinski definition) is 3. The zero-order valence-electron chi connectivity index (χ0n) is 13.4. The van der Waals surface area contributed by atoms with Crippen LogP contribution in [-0.2, 0) is 22.5 Å². The summed E-state index contributed by atoms with van der Waals surface area (Å²) in [6.07, 6.45) is -3.92. The number of nitrogens with one attached hydrogen (secondary N) is 1. The summed E-state index contributed by atoms with van der Waals surface area (Å²) >= 11 is 0. The van der Waals surface area contributed by atoms with E-state index in [1.54, 1.807) is 4.68 Å². The summed E-state index contributed by atoms with van der Waals surface area (Å²) in [4.78, 5) is 11.3. The van der Waals surface area contributed by atoms with Gasteiger partial charge in [0.05, 0.1) is 18.8 Å². The summed E-state index contributed by atoms with van der Waals surface area (Å²) in [7, 11) is 0. The molecular weight excluding hydrogens is 335 g/mol. The monoisotopic (exact) mass is 353 g/mol. The van der Waals surface area contributed by atoms with Crippen LogP contribution in [0.25, 0.3) is 0 Å². The van der Waals surface area contributed by atoms with Gasteiger partial charge in [0.15, 0.2) is 0 Å². The lowest BCUT2D eigenvalue weighted by molar-refractivity contribution is -0.154. The topological polar surface area (TPSA) is 56.1 Å². The van der Waals surface area contributed by atoms with Crippen molar-refractivity contribution in [2.24, 2.45) is 0 Å². The van der Waals surface area contributed by atoms with Crippen LogP contribution in [0, 0.1) is 0 Å². The van der Waals surface area contributed by atoms with Crippen molar-refractivity contribution in [1.82, 2.24) is 15.1 Å². The Bertz CT molecular complexity index is 728.